The van der Waals surface area contributed by atoms with Gasteiger partial charge in [0.15, 0.2) is 5.82 Å². The molecule has 6 nitrogen and oxygen atoms in total. The highest BCUT2D eigenvalue weighted by Gasteiger charge is 2.06. The van der Waals surface area contributed by atoms with E-state index < -0.39 is 6.09 Å². The normalized spacial score (nSPS) is 9.74. The highest BCUT2D eigenvalue weighted by atomic mass is 16.6. The fourth-order valence-electron chi connectivity index (χ4n) is 1.33. The van der Waals surface area contributed by atoms with Gasteiger partial charge in [0.1, 0.15) is 5.75 Å². The zero-order valence-electron chi connectivity index (χ0n) is 10.4. The van der Waals surface area contributed by atoms with Crippen molar-refractivity contribution in [3.05, 3.63) is 42.7 Å². The Hall–Kier alpha value is -2.63. The number of nitrogens with zero attached hydrogens (tertiary/aromatic N) is 2. The van der Waals surface area contributed by atoms with Crippen molar-refractivity contribution < 1.29 is 14.3 Å². The Bertz CT molecular complexity index is 529. The van der Waals surface area contributed by atoms with Gasteiger partial charge in [-0.15, -0.1) is 0 Å². The van der Waals surface area contributed by atoms with Crippen LogP contribution in [-0.2, 0) is 0 Å². The summed E-state index contributed by atoms with van der Waals surface area (Å²) in [6.45, 7) is 2.36. The van der Waals surface area contributed by atoms with Crippen LogP contribution in [0, 0.1) is 0 Å². The second kappa shape index (κ2) is 6.34. The SMILES string of the molecule is CCOc1cnc(NC(=O)Oc2ccccc2)cn1. The fourth-order valence-corrected chi connectivity index (χ4v) is 1.33. The van der Waals surface area contributed by atoms with Gasteiger partial charge in [0, 0.05) is 0 Å². The van der Waals surface area contributed by atoms with E-state index >= 15 is 0 Å². The lowest BCUT2D eigenvalue weighted by atomic mass is 10.3. The maximum Gasteiger partial charge on any atom is 0.418 e. The third kappa shape index (κ3) is 3.95. The summed E-state index contributed by atoms with van der Waals surface area (Å²) in [4.78, 5) is 19.5. The van der Waals surface area contributed by atoms with Crippen molar-refractivity contribution in [2.45, 2.75) is 6.92 Å². The van der Waals surface area contributed by atoms with E-state index in [1.807, 2.05) is 13.0 Å². The lowest BCUT2D eigenvalue weighted by Crippen LogP contribution is -2.17. The van der Waals surface area contributed by atoms with Crippen molar-refractivity contribution in [3.63, 3.8) is 0 Å². The summed E-state index contributed by atoms with van der Waals surface area (Å²) < 4.78 is 10.2. The lowest BCUT2D eigenvalue weighted by Gasteiger charge is -2.06. The molecule has 6 heteroatoms. The zero-order chi connectivity index (χ0) is 13.5. The van der Waals surface area contributed by atoms with E-state index in [2.05, 4.69) is 15.3 Å². The molecule has 19 heavy (non-hydrogen) atoms. The number of hydrogen-bond donors (Lipinski definition) is 1. The van der Waals surface area contributed by atoms with Crippen LogP contribution in [0.2, 0.25) is 0 Å². The summed E-state index contributed by atoms with van der Waals surface area (Å²) in [5.74, 6) is 1.16. The molecule has 2 aromatic rings. The fraction of sp³-hybridized carbons (Fsp3) is 0.154. The number of anilines is 1. The number of aromatic nitrogens is 2. The molecule has 98 valence electrons. The molecule has 0 spiro atoms. The standard InChI is InChI=1S/C13H13N3O3/c1-2-18-12-9-14-11(8-15-12)16-13(17)19-10-6-4-3-5-7-10/h3-9H,2H2,1H3,(H,14,16,17). The summed E-state index contributed by atoms with van der Waals surface area (Å²) in [5.41, 5.74) is 0. The number of benzene rings is 1. The van der Waals surface area contributed by atoms with Crippen molar-refractivity contribution in [1.82, 2.24) is 9.97 Å². The van der Waals surface area contributed by atoms with Gasteiger partial charge in [-0.25, -0.2) is 14.8 Å². The third-order valence-corrected chi connectivity index (χ3v) is 2.10. The molecule has 0 aliphatic rings. The topological polar surface area (TPSA) is 73.3 Å². The third-order valence-electron chi connectivity index (χ3n) is 2.10. The number of hydrogen-bond acceptors (Lipinski definition) is 5. The second-order valence-electron chi connectivity index (χ2n) is 3.50. The number of amides is 1. The molecule has 0 unspecified atom stereocenters. The van der Waals surface area contributed by atoms with Crippen LogP contribution in [0.15, 0.2) is 42.7 Å². The molecule has 1 aromatic carbocycles. The van der Waals surface area contributed by atoms with Crippen LogP contribution in [0.1, 0.15) is 6.92 Å². The summed E-state index contributed by atoms with van der Waals surface area (Å²) >= 11 is 0. The number of carbonyl (C=O) groups is 1. The van der Waals surface area contributed by atoms with E-state index in [0.717, 1.165) is 0 Å². The minimum atomic E-state index is -0.621. The van der Waals surface area contributed by atoms with E-state index in [-0.39, 0.29) is 0 Å². The van der Waals surface area contributed by atoms with Gasteiger partial charge in [0.25, 0.3) is 0 Å². The number of nitrogens with one attached hydrogen (secondary N) is 1. The average Bonchev–Trinajstić information content (AvgIpc) is 2.42. The molecule has 1 heterocycles. The molecule has 1 amide bonds. The first-order valence-corrected chi connectivity index (χ1v) is 5.76. The van der Waals surface area contributed by atoms with Crippen LogP contribution < -0.4 is 14.8 Å². The summed E-state index contributed by atoms with van der Waals surface area (Å²) in [6.07, 6.45) is 2.21. The van der Waals surface area contributed by atoms with Gasteiger partial charge < -0.3 is 9.47 Å². The molecule has 0 saturated carbocycles. The molecule has 0 saturated heterocycles. The Kier molecular flexibility index (Phi) is 4.28. The number of para-hydroxylation sites is 1. The summed E-state index contributed by atoms with van der Waals surface area (Å²) in [5, 5.41) is 2.47. The van der Waals surface area contributed by atoms with E-state index in [1.165, 1.54) is 12.4 Å². The van der Waals surface area contributed by atoms with Crippen molar-refractivity contribution in [2.24, 2.45) is 0 Å². The molecule has 0 fully saturated rings. The first-order valence-electron chi connectivity index (χ1n) is 5.76. The Morgan fingerprint density at radius 3 is 2.63 bits per heavy atom. The maximum absolute atomic E-state index is 11.6. The van der Waals surface area contributed by atoms with Gasteiger partial charge in [-0.3, -0.25) is 5.32 Å². The minimum Gasteiger partial charge on any atom is -0.477 e. The largest absolute Gasteiger partial charge is 0.477 e. The van der Waals surface area contributed by atoms with Gasteiger partial charge in [-0.05, 0) is 19.1 Å². The van der Waals surface area contributed by atoms with Gasteiger partial charge in [-0.2, -0.15) is 0 Å². The predicted octanol–water partition coefficient (Wildman–Crippen LogP) is 2.49. The second-order valence-corrected chi connectivity index (χ2v) is 3.50. The van der Waals surface area contributed by atoms with Crippen LogP contribution in [-0.4, -0.2) is 22.7 Å². The Balaban J connectivity index is 1.91. The van der Waals surface area contributed by atoms with Crippen LogP contribution >= 0.6 is 0 Å². The molecule has 0 aliphatic heterocycles. The van der Waals surface area contributed by atoms with Crippen molar-refractivity contribution in [3.8, 4) is 11.6 Å². The average molecular weight is 259 g/mol. The van der Waals surface area contributed by atoms with E-state index in [0.29, 0.717) is 24.1 Å². The highest BCUT2D eigenvalue weighted by molar-refractivity contribution is 5.84. The van der Waals surface area contributed by atoms with Crippen LogP contribution in [0.25, 0.3) is 0 Å². The lowest BCUT2D eigenvalue weighted by molar-refractivity contribution is 0.215. The van der Waals surface area contributed by atoms with Crippen LogP contribution in [0.3, 0.4) is 0 Å². The van der Waals surface area contributed by atoms with Crippen molar-refractivity contribution in [2.75, 3.05) is 11.9 Å². The zero-order valence-corrected chi connectivity index (χ0v) is 10.4. The van der Waals surface area contributed by atoms with Crippen LogP contribution in [0.5, 0.6) is 11.6 Å². The smallest absolute Gasteiger partial charge is 0.418 e. The van der Waals surface area contributed by atoms with E-state index in [1.54, 1.807) is 24.3 Å². The van der Waals surface area contributed by atoms with Gasteiger partial charge in [0.05, 0.1) is 19.0 Å². The Morgan fingerprint density at radius 2 is 2.00 bits per heavy atom. The van der Waals surface area contributed by atoms with Gasteiger partial charge in [0.2, 0.25) is 5.88 Å². The number of ether oxygens (including phenoxy) is 2. The molecule has 0 atom stereocenters. The molecule has 0 aliphatic carbocycles. The Labute approximate surface area is 110 Å². The molecular weight excluding hydrogens is 246 g/mol. The molecule has 1 aromatic heterocycles. The summed E-state index contributed by atoms with van der Waals surface area (Å²) in [6, 6.07) is 8.76. The maximum atomic E-state index is 11.6. The molecule has 2 rings (SSSR count). The molecular formula is C13H13N3O3. The first-order chi connectivity index (χ1) is 9.28. The number of carbonyl (C=O) groups excluding carboxylic acids is 1. The first kappa shape index (κ1) is 12.8. The quantitative estimate of drug-likeness (QED) is 0.913. The van der Waals surface area contributed by atoms with Gasteiger partial charge >= 0.3 is 6.09 Å². The molecule has 0 radical (unpaired) electrons. The van der Waals surface area contributed by atoms with Gasteiger partial charge in [-0.1, -0.05) is 18.2 Å². The Morgan fingerprint density at radius 1 is 1.21 bits per heavy atom. The van der Waals surface area contributed by atoms with Crippen molar-refractivity contribution in [1.29, 1.82) is 0 Å². The highest BCUT2D eigenvalue weighted by Crippen LogP contribution is 2.11. The van der Waals surface area contributed by atoms with E-state index in [9.17, 15) is 4.79 Å². The van der Waals surface area contributed by atoms with Crippen LogP contribution in [0.4, 0.5) is 10.6 Å². The monoisotopic (exact) mass is 259 g/mol. The molecule has 0 bridgehead atoms. The van der Waals surface area contributed by atoms with E-state index in [4.69, 9.17) is 9.47 Å². The van der Waals surface area contributed by atoms with Crippen molar-refractivity contribution >= 4 is 11.9 Å². The predicted molar refractivity (Wildman–Crippen MR) is 69.3 cm³/mol. The number of rotatable bonds is 4. The molecule has 1 N–H and O–H groups in total. The summed E-state index contributed by atoms with van der Waals surface area (Å²) in [7, 11) is 0. The minimum absolute atomic E-state index is 0.296.